The van der Waals surface area contributed by atoms with Gasteiger partial charge in [-0.2, -0.15) is 0 Å². The summed E-state index contributed by atoms with van der Waals surface area (Å²) < 4.78 is 0.747. The summed E-state index contributed by atoms with van der Waals surface area (Å²) >= 11 is 13.0. The Bertz CT molecular complexity index is 559. The van der Waals surface area contributed by atoms with Crippen LogP contribution in [0.5, 0.6) is 0 Å². The second-order valence-electron chi connectivity index (χ2n) is 3.44. The van der Waals surface area contributed by atoms with Gasteiger partial charge in [-0.25, -0.2) is 4.98 Å². The molecule has 0 radical (unpaired) electrons. The average molecular weight is 302 g/mol. The van der Waals surface area contributed by atoms with Crippen molar-refractivity contribution in [2.45, 2.75) is 6.42 Å². The number of thiophene rings is 1. The SMILES string of the molecule is O=C(NCCc1ccc(Cl)s1)c1cncc(Cl)n1. The highest BCUT2D eigenvalue weighted by atomic mass is 35.5. The van der Waals surface area contributed by atoms with E-state index in [1.807, 2.05) is 12.1 Å². The summed E-state index contributed by atoms with van der Waals surface area (Å²) in [5.41, 5.74) is 0.215. The Morgan fingerprint density at radius 3 is 2.83 bits per heavy atom. The summed E-state index contributed by atoms with van der Waals surface area (Å²) in [6, 6.07) is 3.78. The van der Waals surface area contributed by atoms with Crippen molar-refractivity contribution in [3.63, 3.8) is 0 Å². The topological polar surface area (TPSA) is 54.9 Å². The van der Waals surface area contributed by atoms with Crippen LogP contribution in [-0.2, 0) is 6.42 Å². The number of carbonyl (C=O) groups is 1. The molecule has 2 aromatic heterocycles. The van der Waals surface area contributed by atoms with Crippen molar-refractivity contribution in [3.05, 3.63) is 44.6 Å². The van der Waals surface area contributed by atoms with Crippen LogP contribution in [0.2, 0.25) is 9.49 Å². The summed E-state index contributed by atoms with van der Waals surface area (Å²) in [5.74, 6) is -0.285. The maximum atomic E-state index is 11.7. The van der Waals surface area contributed by atoms with Gasteiger partial charge in [0.25, 0.3) is 5.91 Å². The number of nitrogens with zero attached hydrogens (tertiary/aromatic N) is 2. The molecule has 2 heterocycles. The minimum atomic E-state index is -0.285. The van der Waals surface area contributed by atoms with Crippen molar-refractivity contribution in [3.8, 4) is 0 Å². The summed E-state index contributed by atoms with van der Waals surface area (Å²) in [5, 5.41) is 2.95. The lowest BCUT2D eigenvalue weighted by molar-refractivity contribution is 0.0949. The molecule has 18 heavy (non-hydrogen) atoms. The fourth-order valence-corrected chi connectivity index (χ4v) is 2.56. The molecular formula is C11H9Cl2N3OS. The molecule has 0 bridgehead atoms. The molecule has 2 aromatic rings. The van der Waals surface area contributed by atoms with Gasteiger partial charge >= 0.3 is 0 Å². The molecule has 0 unspecified atom stereocenters. The van der Waals surface area contributed by atoms with Crippen molar-refractivity contribution in [2.24, 2.45) is 0 Å². The molecule has 0 saturated carbocycles. The van der Waals surface area contributed by atoms with Crippen LogP contribution in [-0.4, -0.2) is 22.4 Å². The molecule has 0 aromatic carbocycles. The molecule has 94 valence electrons. The molecule has 7 heteroatoms. The summed E-state index contributed by atoms with van der Waals surface area (Å²) in [6.45, 7) is 0.518. The van der Waals surface area contributed by atoms with Crippen LogP contribution in [0.4, 0.5) is 0 Å². The van der Waals surface area contributed by atoms with Gasteiger partial charge in [0.2, 0.25) is 0 Å². The highest BCUT2D eigenvalue weighted by Gasteiger charge is 2.07. The largest absolute Gasteiger partial charge is 0.350 e. The van der Waals surface area contributed by atoms with E-state index >= 15 is 0 Å². The Morgan fingerprint density at radius 2 is 2.17 bits per heavy atom. The van der Waals surface area contributed by atoms with Crippen LogP contribution < -0.4 is 5.32 Å². The van der Waals surface area contributed by atoms with Gasteiger partial charge in [-0.15, -0.1) is 11.3 Å². The third-order valence-electron chi connectivity index (χ3n) is 2.12. The van der Waals surface area contributed by atoms with Gasteiger partial charge in [0.15, 0.2) is 0 Å². The molecule has 0 aliphatic rings. The van der Waals surface area contributed by atoms with E-state index in [9.17, 15) is 4.79 Å². The predicted molar refractivity (Wildman–Crippen MR) is 72.4 cm³/mol. The lowest BCUT2D eigenvalue weighted by Crippen LogP contribution is -2.26. The van der Waals surface area contributed by atoms with Crippen LogP contribution in [0.25, 0.3) is 0 Å². The maximum absolute atomic E-state index is 11.7. The first-order chi connectivity index (χ1) is 8.65. The average Bonchev–Trinajstić information content (AvgIpc) is 2.75. The van der Waals surface area contributed by atoms with Gasteiger partial charge in [0.05, 0.1) is 16.7 Å². The van der Waals surface area contributed by atoms with Crippen molar-refractivity contribution in [1.82, 2.24) is 15.3 Å². The monoisotopic (exact) mass is 301 g/mol. The van der Waals surface area contributed by atoms with Gasteiger partial charge in [0, 0.05) is 11.4 Å². The van der Waals surface area contributed by atoms with Crippen molar-refractivity contribution >= 4 is 40.4 Å². The summed E-state index contributed by atoms with van der Waals surface area (Å²) in [6.07, 6.45) is 3.49. The molecular weight excluding hydrogens is 293 g/mol. The summed E-state index contributed by atoms with van der Waals surface area (Å²) in [7, 11) is 0. The number of aromatic nitrogens is 2. The molecule has 2 rings (SSSR count). The van der Waals surface area contributed by atoms with E-state index in [-0.39, 0.29) is 16.8 Å². The maximum Gasteiger partial charge on any atom is 0.271 e. The van der Waals surface area contributed by atoms with Crippen molar-refractivity contribution < 1.29 is 4.79 Å². The number of amides is 1. The van der Waals surface area contributed by atoms with E-state index in [2.05, 4.69) is 15.3 Å². The third-order valence-corrected chi connectivity index (χ3v) is 3.60. The minimum Gasteiger partial charge on any atom is -0.350 e. The quantitative estimate of drug-likeness (QED) is 0.945. The smallest absolute Gasteiger partial charge is 0.271 e. The normalized spacial score (nSPS) is 10.3. The van der Waals surface area contributed by atoms with Gasteiger partial charge in [-0.1, -0.05) is 23.2 Å². The van der Waals surface area contributed by atoms with E-state index in [1.54, 1.807) is 0 Å². The van der Waals surface area contributed by atoms with Gasteiger partial charge in [0.1, 0.15) is 10.8 Å². The number of nitrogens with one attached hydrogen (secondary N) is 1. The van der Waals surface area contributed by atoms with E-state index < -0.39 is 0 Å². The van der Waals surface area contributed by atoms with E-state index in [0.29, 0.717) is 6.54 Å². The molecule has 0 aliphatic carbocycles. The number of hydrogen-bond acceptors (Lipinski definition) is 4. The molecule has 0 saturated heterocycles. The molecule has 0 fully saturated rings. The Morgan fingerprint density at radius 1 is 1.33 bits per heavy atom. The van der Waals surface area contributed by atoms with Gasteiger partial charge in [-0.3, -0.25) is 9.78 Å². The summed E-state index contributed by atoms with van der Waals surface area (Å²) in [4.78, 5) is 20.5. The molecule has 0 spiro atoms. The van der Waals surface area contributed by atoms with Crippen molar-refractivity contribution in [2.75, 3.05) is 6.54 Å². The Labute approximate surface area is 118 Å². The highest BCUT2D eigenvalue weighted by Crippen LogP contribution is 2.21. The van der Waals surface area contributed by atoms with Crippen LogP contribution in [0.15, 0.2) is 24.5 Å². The molecule has 1 amide bonds. The highest BCUT2D eigenvalue weighted by molar-refractivity contribution is 7.16. The van der Waals surface area contributed by atoms with E-state index in [1.165, 1.54) is 23.7 Å². The number of hydrogen-bond donors (Lipinski definition) is 1. The van der Waals surface area contributed by atoms with E-state index in [0.717, 1.165) is 15.6 Å². The zero-order chi connectivity index (χ0) is 13.0. The molecule has 0 atom stereocenters. The molecule has 1 N–H and O–H groups in total. The zero-order valence-electron chi connectivity index (χ0n) is 9.19. The first-order valence-corrected chi connectivity index (χ1v) is 6.72. The standard InChI is InChI=1S/C11H9Cl2N3OS/c12-9-6-14-5-8(16-9)11(17)15-4-3-7-1-2-10(13)18-7/h1-2,5-6H,3-4H2,(H,15,17). The van der Waals surface area contributed by atoms with Crippen LogP contribution in [0.3, 0.4) is 0 Å². The second-order valence-corrected chi connectivity index (χ2v) is 5.63. The minimum absolute atomic E-state index is 0.202. The Balaban J connectivity index is 1.85. The van der Waals surface area contributed by atoms with Gasteiger partial charge in [-0.05, 0) is 18.6 Å². The fourth-order valence-electron chi connectivity index (χ4n) is 1.33. The van der Waals surface area contributed by atoms with E-state index in [4.69, 9.17) is 23.2 Å². The molecule has 4 nitrogen and oxygen atoms in total. The number of carbonyl (C=O) groups excluding carboxylic acids is 1. The van der Waals surface area contributed by atoms with Crippen molar-refractivity contribution in [1.29, 1.82) is 0 Å². The van der Waals surface area contributed by atoms with Gasteiger partial charge < -0.3 is 5.32 Å². The number of halogens is 2. The Hall–Kier alpha value is -1.17. The molecule has 0 aliphatic heterocycles. The third kappa shape index (κ3) is 3.66. The predicted octanol–water partition coefficient (Wildman–Crippen LogP) is 2.82. The van der Waals surface area contributed by atoms with Crippen LogP contribution >= 0.6 is 34.5 Å². The first kappa shape index (κ1) is 13.3. The fraction of sp³-hybridized carbons (Fsp3) is 0.182. The Kier molecular flexibility index (Phi) is 4.52. The zero-order valence-corrected chi connectivity index (χ0v) is 11.5. The lowest BCUT2D eigenvalue weighted by atomic mass is 10.3. The number of rotatable bonds is 4. The lowest BCUT2D eigenvalue weighted by Gasteiger charge is -2.03. The second kappa shape index (κ2) is 6.13. The van der Waals surface area contributed by atoms with Crippen LogP contribution in [0.1, 0.15) is 15.4 Å². The van der Waals surface area contributed by atoms with Crippen LogP contribution in [0, 0.1) is 0 Å². The first-order valence-electron chi connectivity index (χ1n) is 5.15.